The fourth-order valence-electron chi connectivity index (χ4n) is 5.12. The monoisotopic (exact) mass is 472 g/mol. The van der Waals surface area contributed by atoms with E-state index in [1.54, 1.807) is 16.8 Å². The zero-order valence-electron chi connectivity index (χ0n) is 19.9. The van der Waals surface area contributed by atoms with E-state index < -0.39 is 17.3 Å². The fourth-order valence-corrected chi connectivity index (χ4v) is 5.12. The first kappa shape index (κ1) is 24.5. The summed E-state index contributed by atoms with van der Waals surface area (Å²) < 4.78 is 1.58. The lowest BCUT2D eigenvalue weighted by Gasteiger charge is -2.30. The van der Waals surface area contributed by atoms with E-state index >= 15 is 0 Å². The van der Waals surface area contributed by atoms with Gasteiger partial charge in [0.15, 0.2) is 0 Å². The molecular formula is C29H32N2O4. The lowest BCUT2D eigenvalue weighted by molar-refractivity contribution is -0.144. The summed E-state index contributed by atoms with van der Waals surface area (Å²) in [7, 11) is 0. The van der Waals surface area contributed by atoms with Gasteiger partial charge >= 0.3 is 5.97 Å². The van der Waals surface area contributed by atoms with Gasteiger partial charge in [-0.15, -0.1) is 0 Å². The molecule has 1 aliphatic rings. The molecular weight excluding hydrogens is 440 g/mol. The van der Waals surface area contributed by atoms with Gasteiger partial charge in [-0.25, -0.2) is 0 Å². The topological polar surface area (TPSA) is 88.4 Å². The van der Waals surface area contributed by atoms with Crippen molar-refractivity contribution in [3.8, 4) is 0 Å². The van der Waals surface area contributed by atoms with Crippen LogP contribution in [0.5, 0.6) is 0 Å². The summed E-state index contributed by atoms with van der Waals surface area (Å²) in [6.07, 6.45) is 6.33. The van der Waals surface area contributed by atoms with Gasteiger partial charge in [0.25, 0.3) is 5.56 Å². The van der Waals surface area contributed by atoms with Crippen LogP contribution in [0.2, 0.25) is 0 Å². The summed E-state index contributed by atoms with van der Waals surface area (Å²) in [5.41, 5.74) is 1.79. The predicted molar refractivity (Wildman–Crippen MR) is 136 cm³/mol. The van der Waals surface area contributed by atoms with Crippen LogP contribution in [0.25, 0.3) is 0 Å². The first-order valence-corrected chi connectivity index (χ1v) is 12.3. The lowest BCUT2D eigenvalue weighted by atomic mass is 9.75. The lowest BCUT2D eigenvalue weighted by Crippen LogP contribution is -2.37. The van der Waals surface area contributed by atoms with E-state index in [1.807, 2.05) is 60.7 Å². The molecule has 6 nitrogen and oxygen atoms in total. The molecule has 1 aliphatic carbocycles. The molecule has 6 heteroatoms. The third-order valence-corrected chi connectivity index (χ3v) is 7.09. The second-order valence-corrected chi connectivity index (χ2v) is 9.57. The van der Waals surface area contributed by atoms with E-state index in [1.165, 1.54) is 6.07 Å². The molecule has 0 bridgehead atoms. The number of nitrogens with one attached hydrogen (secondary N) is 1. The highest BCUT2D eigenvalue weighted by Gasteiger charge is 2.44. The Bertz CT molecular complexity index is 1200. The zero-order chi connectivity index (χ0) is 24.7. The van der Waals surface area contributed by atoms with Crippen molar-refractivity contribution in [2.75, 3.05) is 5.32 Å². The molecule has 35 heavy (non-hydrogen) atoms. The third kappa shape index (κ3) is 6.27. The maximum absolute atomic E-state index is 13.5. The van der Waals surface area contributed by atoms with Crippen LogP contribution in [0.15, 0.2) is 83.8 Å². The number of nitrogens with zero attached hydrogens (tertiary/aromatic N) is 1. The Morgan fingerprint density at radius 3 is 2.17 bits per heavy atom. The number of rotatable bonds is 10. The van der Waals surface area contributed by atoms with Crippen molar-refractivity contribution in [3.63, 3.8) is 0 Å². The minimum atomic E-state index is -0.851. The van der Waals surface area contributed by atoms with E-state index in [4.69, 9.17) is 0 Å². The van der Waals surface area contributed by atoms with Gasteiger partial charge in [0.1, 0.15) is 0 Å². The first-order chi connectivity index (χ1) is 16.9. The Labute approximate surface area is 205 Å². The molecule has 2 N–H and O–H groups in total. The Balaban J connectivity index is 1.48. The second-order valence-electron chi connectivity index (χ2n) is 9.57. The number of aromatic nitrogens is 1. The highest BCUT2D eigenvalue weighted by atomic mass is 16.4. The van der Waals surface area contributed by atoms with Gasteiger partial charge < -0.3 is 15.0 Å². The average Bonchev–Trinajstić information content (AvgIpc) is 3.35. The zero-order valence-corrected chi connectivity index (χ0v) is 19.9. The van der Waals surface area contributed by atoms with Crippen molar-refractivity contribution in [1.29, 1.82) is 0 Å². The van der Waals surface area contributed by atoms with Crippen molar-refractivity contribution in [1.82, 2.24) is 4.57 Å². The highest BCUT2D eigenvalue weighted by molar-refractivity contribution is 5.95. The van der Waals surface area contributed by atoms with Crippen LogP contribution in [0, 0.1) is 11.3 Å². The molecule has 1 heterocycles. The number of anilines is 1. The molecule has 1 aromatic heterocycles. The Morgan fingerprint density at radius 2 is 1.54 bits per heavy atom. The molecule has 1 saturated carbocycles. The van der Waals surface area contributed by atoms with Crippen molar-refractivity contribution in [3.05, 3.63) is 100 Å². The Morgan fingerprint density at radius 1 is 0.914 bits per heavy atom. The maximum Gasteiger partial charge on any atom is 0.306 e. The molecule has 3 aromatic rings. The van der Waals surface area contributed by atoms with Crippen molar-refractivity contribution >= 4 is 17.6 Å². The van der Waals surface area contributed by atoms with Crippen LogP contribution in [-0.2, 0) is 22.6 Å². The van der Waals surface area contributed by atoms with E-state index in [-0.39, 0.29) is 11.5 Å². The SMILES string of the molecule is O=C(O)C(CCc1ccccc1)CC1(C(=O)Nc2ccc(=O)n(Cc3ccccc3)c2)CCCC1. The van der Waals surface area contributed by atoms with Crippen LogP contribution in [0.3, 0.4) is 0 Å². The quantitative estimate of drug-likeness (QED) is 0.429. The molecule has 2 aromatic carbocycles. The number of pyridine rings is 1. The van der Waals surface area contributed by atoms with Crippen LogP contribution >= 0.6 is 0 Å². The number of hydrogen-bond acceptors (Lipinski definition) is 3. The van der Waals surface area contributed by atoms with E-state index in [9.17, 15) is 19.5 Å². The summed E-state index contributed by atoms with van der Waals surface area (Å²) in [5, 5.41) is 12.9. The van der Waals surface area contributed by atoms with Crippen LogP contribution in [0.1, 0.15) is 49.7 Å². The van der Waals surface area contributed by atoms with Crippen LogP contribution in [0.4, 0.5) is 5.69 Å². The second kappa shape index (κ2) is 11.2. The standard InChI is InChI=1S/C29H32N2O4/c32-26-16-15-25(21-31(26)20-23-11-5-2-6-12-23)30-28(35)29(17-7-8-18-29)19-24(27(33)34)14-13-22-9-3-1-4-10-22/h1-6,9-12,15-16,21,24H,7-8,13-14,17-20H2,(H,30,35)(H,33,34). The average molecular weight is 473 g/mol. The van der Waals surface area contributed by atoms with Crippen molar-refractivity contribution in [2.45, 2.75) is 51.5 Å². The Kier molecular flexibility index (Phi) is 7.80. The number of carbonyl (C=O) groups excluding carboxylic acids is 1. The number of aliphatic carboxylic acids is 1. The normalized spacial score (nSPS) is 15.4. The molecule has 1 unspecified atom stereocenters. The molecule has 1 fully saturated rings. The van der Waals surface area contributed by atoms with E-state index in [0.29, 0.717) is 44.3 Å². The highest BCUT2D eigenvalue weighted by Crippen LogP contribution is 2.45. The maximum atomic E-state index is 13.5. The van der Waals surface area contributed by atoms with Crippen molar-refractivity contribution in [2.24, 2.45) is 11.3 Å². The van der Waals surface area contributed by atoms with E-state index in [0.717, 1.165) is 24.0 Å². The number of carbonyl (C=O) groups is 2. The number of carboxylic acid groups (broad SMARTS) is 1. The number of hydrogen-bond donors (Lipinski definition) is 2. The number of carboxylic acids is 1. The number of aryl methyl sites for hydroxylation is 1. The van der Waals surface area contributed by atoms with Crippen molar-refractivity contribution < 1.29 is 14.7 Å². The molecule has 0 saturated heterocycles. The van der Waals surface area contributed by atoms with Crippen LogP contribution in [-0.4, -0.2) is 21.6 Å². The van der Waals surface area contributed by atoms with Gasteiger partial charge in [0.2, 0.25) is 5.91 Å². The number of benzene rings is 2. The summed E-state index contributed by atoms with van der Waals surface area (Å²) >= 11 is 0. The van der Waals surface area contributed by atoms with Gasteiger partial charge in [0.05, 0.1) is 23.6 Å². The summed E-state index contributed by atoms with van der Waals surface area (Å²) in [5.74, 6) is -1.59. The van der Waals surface area contributed by atoms with Gasteiger partial charge in [-0.05, 0) is 49.3 Å². The fraction of sp³-hybridized carbons (Fsp3) is 0.345. The van der Waals surface area contributed by atoms with Gasteiger partial charge in [0, 0.05) is 12.3 Å². The van der Waals surface area contributed by atoms with Gasteiger partial charge in [-0.2, -0.15) is 0 Å². The predicted octanol–water partition coefficient (Wildman–Crippen LogP) is 5.12. The summed E-state index contributed by atoms with van der Waals surface area (Å²) in [6.45, 7) is 0.412. The summed E-state index contributed by atoms with van der Waals surface area (Å²) in [4.78, 5) is 38.0. The molecule has 182 valence electrons. The van der Waals surface area contributed by atoms with Gasteiger partial charge in [-0.3, -0.25) is 14.4 Å². The summed E-state index contributed by atoms with van der Waals surface area (Å²) in [6, 6.07) is 22.6. The molecule has 0 aliphatic heterocycles. The Hall–Kier alpha value is -3.67. The number of amides is 1. The molecule has 1 amide bonds. The van der Waals surface area contributed by atoms with Gasteiger partial charge in [-0.1, -0.05) is 73.5 Å². The molecule has 0 radical (unpaired) electrons. The van der Waals surface area contributed by atoms with Crippen LogP contribution < -0.4 is 10.9 Å². The molecule has 4 rings (SSSR count). The molecule has 1 atom stereocenters. The minimum Gasteiger partial charge on any atom is -0.481 e. The molecule has 0 spiro atoms. The first-order valence-electron chi connectivity index (χ1n) is 12.3. The smallest absolute Gasteiger partial charge is 0.306 e. The minimum absolute atomic E-state index is 0.144. The largest absolute Gasteiger partial charge is 0.481 e. The third-order valence-electron chi connectivity index (χ3n) is 7.09. The van der Waals surface area contributed by atoms with E-state index in [2.05, 4.69) is 5.32 Å².